The minimum Gasteiger partial charge on any atom is -0.389 e. The normalized spacial score (nSPS) is 25.4. The highest BCUT2D eigenvalue weighted by Crippen LogP contribution is 2.16. The van der Waals surface area contributed by atoms with Crippen LogP contribution in [0.25, 0.3) is 0 Å². The van der Waals surface area contributed by atoms with Crippen molar-refractivity contribution in [3.63, 3.8) is 0 Å². The van der Waals surface area contributed by atoms with Gasteiger partial charge in [-0.05, 0) is 25.3 Å². The van der Waals surface area contributed by atoms with E-state index in [0.29, 0.717) is 19.2 Å². The minimum absolute atomic E-state index is 0.0158. The average molecular weight is 311 g/mol. The molecule has 1 fully saturated rings. The molecule has 5 heteroatoms. The quantitative estimate of drug-likeness (QED) is 0.803. The zero-order chi connectivity index (χ0) is 15.1. The molecule has 0 amide bonds. The van der Waals surface area contributed by atoms with Crippen molar-refractivity contribution in [2.75, 3.05) is 24.7 Å². The van der Waals surface area contributed by atoms with E-state index < -0.39 is 16.9 Å². The molecule has 1 aromatic carbocycles. The van der Waals surface area contributed by atoms with Gasteiger partial charge in [0.2, 0.25) is 0 Å². The number of aliphatic hydroxyl groups excluding tert-OH is 1. The Morgan fingerprint density at radius 2 is 2.00 bits per heavy atom. The lowest BCUT2D eigenvalue weighted by Gasteiger charge is -2.24. The second kappa shape index (κ2) is 8.63. The summed E-state index contributed by atoms with van der Waals surface area (Å²) in [4.78, 5) is 0. The molecule has 0 aromatic heterocycles. The van der Waals surface area contributed by atoms with Crippen molar-refractivity contribution in [2.24, 2.45) is 0 Å². The van der Waals surface area contributed by atoms with Crippen LogP contribution in [0.5, 0.6) is 0 Å². The van der Waals surface area contributed by atoms with Crippen LogP contribution in [0.2, 0.25) is 0 Å². The van der Waals surface area contributed by atoms with Crippen molar-refractivity contribution in [3.8, 4) is 0 Å². The highest BCUT2D eigenvalue weighted by molar-refractivity contribution is 7.85. The molecule has 4 nitrogen and oxygen atoms in total. The van der Waals surface area contributed by atoms with Crippen LogP contribution >= 0.6 is 0 Å². The lowest BCUT2D eigenvalue weighted by molar-refractivity contribution is -0.00298. The first kappa shape index (κ1) is 16.6. The molecule has 0 spiro atoms. The maximum absolute atomic E-state index is 11.3. The number of ether oxygens (including phenoxy) is 1. The lowest BCUT2D eigenvalue weighted by Crippen LogP contribution is -2.41. The lowest BCUT2D eigenvalue weighted by atomic mass is 10.1. The number of hydrogen-bond donors (Lipinski definition) is 2. The van der Waals surface area contributed by atoms with Gasteiger partial charge in [0.05, 0.1) is 18.8 Å². The molecule has 0 aliphatic carbocycles. The van der Waals surface area contributed by atoms with Gasteiger partial charge in [-0.1, -0.05) is 30.3 Å². The van der Waals surface area contributed by atoms with Crippen molar-refractivity contribution >= 4 is 10.8 Å². The summed E-state index contributed by atoms with van der Waals surface area (Å²) < 4.78 is 17.0. The molecule has 2 N–H and O–H groups in total. The fourth-order valence-electron chi connectivity index (χ4n) is 2.44. The standard InChI is InChI=1S/C16H25NO3S/c1-13(14-5-3-2-4-6-14)20-12-16(18)11-17-15-7-9-21(19)10-8-15/h2-6,13,15-18H,7-12H2,1H3. The van der Waals surface area contributed by atoms with Gasteiger partial charge in [0.15, 0.2) is 0 Å². The van der Waals surface area contributed by atoms with E-state index in [1.807, 2.05) is 37.3 Å². The van der Waals surface area contributed by atoms with Crippen molar-refractivity contribution in [1.29, 1.82) is 0 Å². The number of hydrogen-bond acceptors (Lipinski definition) is 4. The summed E-state index contributed by atoms with van der Waals surface area (Å²) in [5, 5.41) is 13.3. The fourth-order valence-corrected chi connectivity index (χ4v) is 3.73. The predicted molar refractivity (Wildman–Crippen MR) is 85.7 cm³/mol. The molecule has 0 bridgehead atoms. The van der Waals surface area contributed by atoms with Gasteiger partial charge in [0.25, 0.3) is 0 Å². The largest absolute Gasteiger partial charge is 0.389 e. The highest BCUT2D eigenvalue weighted by Gasteiger charge is 2.18. The Kier molecular flexibility index (Phi) is 6.83. The Balaban J connectivity index is 1.63. The Morgan fingerprint density at radius 1 is 1.33 bits per heavy atom. The van der Waals surface area contributed by atoms with Crippen molar-refractivity contribution in [3.05, 3.63) is 35.9 Å². The van der Waals surface area contributed by atoms with Gasteiger partial charge in [0.1, 0.15) is 0 Å². The zero-order valence-electron chi connectivity index (χ0n) is 12.5. The molecule has 0 radical (unpaired) electrons. The van der Waals surface area contributed by atoms with Crippen molar-refractivity contribution < 1.29 is 14.1 Å². The van der Waals surface area contributed by atoms with Crippen LogP contribution in [0, 0.1) is 0 Å². The van der Waals surface area contributed by atoms with Gasteiger partial charge < -0.3 is 15.2 Å². The predicted octanol–water partition coefficient (Wildman–Crippen LogP) is 1.63. The van der Waals surface area contributed by atoms with Gasteiger partial charge >= 0.3 is 0 Å². The highest BCUT2D eigenvalue weighted by atomic mass is 32.2. The smallest absolute Gasteiger partial charge is 0.0898 e. The Morgan fingerprint density at radius 3 is 2.67 bits per heavy atom. The molecule has 1 heterocycles. The summed E-state index contributed by atoms with van der Waals surface area (Å²) in [5.41, 5.74) is 1.12. The minimum atomic E-state index is -0.633. The molecule has 21 heavy (non-hydrogen) atoms. The third kappa shape index (κ3) is 5.87. The molecule has 1 aromatic rings. The zero-order valence-corrected chi connectivity index (χ0v) is 13.3. The number of rotatable bonds is 7. The molecule has 0 saturated carbocycles. The van der Waals surface area contributed by atoms with Crippen LogP contribution in [0.4, 0.5) is 0 Å². The van der Waals surface area contributed by atoms with Crippen LogP contribution in [-0.4, -0.2) is 46.1 Å². The molecule has 118 valence electrons. The van der Waals surface area contributed by atoms with Gasteiger partial charge in [-0.15, -0.1) is 0 Å². The van der Waals surface area contributed by atoms with Crippen LogP contribution in [0.15, 0.2) is 30.3 Å². The Labute approximate surface area is 129 Å². The average Bonchev–Trinajstić information content (AvgIpc) is 2.53. The van der Waals surface area contributed by atoms with Crippen molar-refractivity contribution in [2.45, 2.75) is 38.0 Å². The van der Waals surface area contributed by atoms with E-state index in [4.69, 9.17) is 4.74 Å². The third-order valence-corrected chi connectivity index (χ3v) is 5.22. The maximum Gasteiger partial charge on any atom is 0.0898 e. The first-order valence-electron chi connectivity index (χ1n) is 7.58. The summed E-state index contributed by atoms with van der Waals surface area (Å²) in [6, 6.07) is 10.4. The fraction of sp³-hybridized carbons (Fsp3) is 0.625. The number of aliphatic hydroxyl groups is 1. The van der Waals surface area contributed by atoms with Gasteiger partial charge in [-0.3, -0.25) is 4.21 Å². The van der Waals surface area contributed by atoms with Gasteiger partial charge in [-0.2, -0.15) is 0 Å². The second-order valence-electron chi connectivity index (χ2n) is 5.57. The third-order valence-electron chi connectivity index (χ3n) is 3.84. The summed E-state index contributed by atoms with van der Waals surface area (Å²) in [5.74, 6) is 1.55. The molecular weight excluding hydrogens is 286 g/mol. The van der Waals surface area contributed by atoms with E-state index in [9.17, 15) is 9.32 Å². The first-order chi connectivity index (χ1) is 10.1. The Bertz CT molecular complexity index is 430. The number of benzene rings is 1. The monoisotopic (exact) mass is 311 g/mol. The molecule has 2 atom stereocenters. The molecule has 2 unspecified atom stereocenters. The van der Waals surface area contributed by atoms with Crippen LogP contribution in [0.3, 0.4) is 0 Å². The van der Waals surface area contributed by atoms with Gasteiger partial charge in [-0.25, -0.2) is 0 Å². The summed E-state index contributed by atoms with van der Waals surface area (Å²) in [6.45, 7) is 2.84. The molecule has 2 rings (SSSR count). The van der Waals surface area contributed by atoms with Crippen LogP contribution in [-0.2, 0) is 15.5 Å². The number of nitrogens with one attached hydrogen (secondary N) is 1. The van der Waals surface area contributed by atoms with E-state index in [1.54, 1.807) is 0 Å². The van der Waals surface area contributed by atoms with Crippen LogP contribution in [0.1, 0.15) is 31.4 Å². The van der Waals surface area contributed by atoms with E-state index >= 15 is 0 Å². The van der Waals surface area contributed by atoms with E-state index in [0.717, 1.165) is 29.9 Å². The summed E-state index contributed by atoms with van der Waals surface area (Å²) in [6.07, 6.45) is 1.34. The molecule has 1 saturated heterocycles. The van der Waals surface area contributed by atoms with Gasteiger partial charge in [0, 0.05) is 34.9 Å². The van der Waals surface area contributed by atoms with E-state index in [2.05, 4.69) is 5.32 Å². The molecular formula is C16H25NO3S. The van der Waals surface area contributed by atoms with E-state index in [1.165, 1.54) is 0 Å². The topological polar surface area (TPSA) is 58.6 Å². The van der Waals surface area contributed by atoms with Crippen molar-refractivity contribution in [1.82, 2.24) is 5.32 Å². The first-order valence-corrected chi connectivity index (χ1v) is 9.07. The second-order valence-corrected chi connectivity index (χ2v) is 7.27. The SMILES string of the molecule is CC(OCC(O)CNC1CCS(=O)CC1)c1ccccc1. The molecule has 1 aliphatic rings. The van der Waals surface area contributed by atoms with Crippen LogP contribution < -0.4 is 5.32 Å². The van der Waals surface area contributed by atoms with E-state index in [-0.39, 0.29) is 6.10 Å². The summed E-state index contributed by atoms with van der Waals surface area (Å²) in [7, 11) is -0.633. The molecule has 1 aliphatic heterocycles. The Hall–Kier alpha value is -0.750. The maximum atomic E-state index is 11.3. The summed E-state index contributed by atoms with van der Waals surface area (Å²) >= 11 is 0.